The van der Waals surface area contributed by atoms with Crippen LogP contribution in [0, 0.1) is 0 Å². The highest BCUT2D eigenvalue weighted by atomic mass is 16.6. The minimum Gasteiger partial charge on any atom is -0.462 e. The van der Waals surface area contributed by atoms with Crippen molar-refractivity contribution in [1.82, 2.24) is 0 Å². The molecule has 68 heavy (non-hydrogen) atoms. The summed E-state index contributed by atoms with van der Waals surface area (Å²) in [5.41, 5.74) is 0. The standard InChI is InChI=1S/C62H112O6/c1-4-7-10-13-16-19-22-25-28-30-31-33-34-37-40-43-46-49-52-55-61(64)67-58-59(57-66-60(63)54-51-48-45-42-39-36-27-24-21-18-15-12-9-6-3)68-62(65)56-53-50-47-44-41-38-35-32-29-26-23-20-17-14-11-8-5-2/h15,17-18,20,24,26-27,29,59H,4-14,16,19,21-23,25,28,30-58H2,1-3H3/b18-15-,20-17-,27-24-,29-26-. The summed E-state index contributed by atoms with van der Waals surface area (Å²) >= 11 is 0. The molecule has 0 bridgehead atoms. The molecule has 0 fully saturated rings. The fourth-order valence-electron chi connectivity index (χ4n) is 8.55. The molecule has 0 rings (SSSR count). The Morgan fingerprint density at radius 2 is 0.544 bits per heavy atom. The number of hydrogen-bond donors (Lipinski definition) is 0. The summed E-state index contributed by atoms with van der Waals surface area (Å²) in [6.07, 6.45) is 69.6. The van der Waals surface area contributed by atoms with Crippen molar-refractivity contribution in [2.45, 2.75) is 316 Å². The van der Waals surface area contributed by atoms with Crippen LogP contribution in [0.25, 0.3) is 0 Å². The van der Waals surface area contributed by atoms with E-state index in [1.807, 2.05) is 0 Å². The Hall–Kier alpha value is -2.63. The fourth-order valence-corrected chi connectivity index (χ4v) is 8.55. The lowest BCUT2D eigenvalue weighted by Crippen LogP contribution is -2.30. The summed E-state index contributed by atoms with van der Waals surface area (Å²) in [6, 6.07) is 0. The van der Waals surface area contributed by atoms with Gasteiger partial charge in [-0.05, 0) is 77.0 Å². The predicted molar refractivity (Wildman–Crippen MR) is 293 cm³/mol. The number of ether oxygens (including phenoxy) is 3. The molecule has 0 aromatic carbocycles. The normalized spacial score (nSPS) is 12.3. The van der Waals surface area contributed by atoms with Crippen molar-refractivity contribution in [3.8, 4) is 0 Å². The molecule has 0 aliphatic heterocycles. The van der Waals surface area contributed by atoms with Gasteiger partial charge in [0.2, 0.25) is 0 Å². The molecule has 1 atom stereocenters. The SMILES string of the molecule is CCCC/C=C\C/C=C\CCCCCCCC(=O)OCC(COC(=O)CCCCCCCCCCCCCCCCCCCCC)OC(=O)CCCCCCCCC/C=C\C/C=C\CCCCC. The first kappa shape index (κ1) is 65.4. The van der Waals surface area contributed by atoms with Crippen LogP contribution in [0.1, 0.15) is 310 Å². The third kappa shape index (κ3) is 54.3. The van der Waals surface area contributed by atoms with Gasteiger partial charge in [-0.25, -0.2) is 0 Å². The average Bonchev–Trinajstić information content (AvgIpc) is 3.34. The average molecular weight is 954 g/mol. The molecule has 0 aromatic rings. The Balaban J connectivity index is 4.35. The topological polar surface area (TPSA) is 78.9 Å². The van der Waals surface area contributed by atoms with Gasteiger partial charge >= 0.3 is 17.9 Å². The second-order valence-electron chi connectivity index (χ2n) is 19.9. The Kier molecular flexibility index (Phi) is 54.8. The molecule has 0 N–H and O–H groups in total. The molecule has 0 amide bonds. The van der Waals surface area contributed by atoms with E-state index in [0.29, 0.717) is 19.3 Å². The summed E-state index contributed by atoms with van der Waals surface area (Å²) in [7, 11) is 0. The number of esters is 3. The van der Waals surface area contributed by atoms with E-state index in [9.17, 15) is 14.4 Å². The van der Waals surface area contributed by atoms with Crippen LogP contribution in [-0.4, -0.2) is 37.2 Å². The van der Waals surface area contributed by atoms with Crippen LogP contribution in [-0.2, 0) is 28.6 Å². The van der Waals surface area contributed by atoms with Gasteiger partial charge in [0.15, 0.2) is 6.10 Å². The number of hydrogen-bond acceptors (Lipinski definition) is 6. The van der Waals surface area contributed by atoms with Gasteiger partial charge in [-0.15, -0.1) is 0 Å². The number of unbranched alkanes of at least 4 members (excludes halogenated alkanes) is 35. The van der Waals surface area contributed by atoms with Crippen molar-refractivity contribution in [3.05, 3.63) is 48.6 Å². The zero-order chi connectivity index (χ0) is 49.3. The van der Waals surface area contributed by atoms with Gasteiger partial charge in [0, 0.05) is 19.3 Å². The summed E-state index contributed by atoms with van der Waals surface area (Å²) in [6.45, 7) is 6.60. The molecule has 396 valence electrons. The van der Waals surface area contributed by atoms with Crippen LogP contribution in [0.2, 0.25) is 0 Å². The van der Waals surface area contributed by atoms with Crippen molar-refractivity contribution >= 4 is 17.9 Å². The first-order valence-electron chi connectivity index (χ1n) is 29.6. The van der Waals surface area contributed by atoms with Crippen LogP contribution in [0.15, 0.2) is 48.6 Å². The van der Waals surface area contributed by atoms with Crippen molar-refractivity contribution in [2.75, 3.05) is 13.2 Å². The van der Waals surface area contributed by atoms with E-state index in [0.717, 1.165) is 89.9 Å². The highest BCUT2D eigenvalue weighted by molar-refractivity contribution is 5.71. The molecular weight excluding hydrogens is 841 g/mol. The van der Waals surface area contributed by atoms with E-state index in [2.05, 4.69) is 69.4 Å². The second-order valence-corrected chi connectivity index (χ2v) is 19.9. The van der Waals surface area contributed by atoms with Gasteiger partial charge in [-0.3, -0.25) is 14.4 Å². The zero-order valence-electron chi connectivity index (χ0n) is 45.4. The highest BCUT2D eigenvalue weighted by Crippen LogP contribution is 2.17. The molecule has 1 unspecified atom stereocenters. The molecule has 0 heterocycles. The molecular formula is C62H112O6. The second kappa shape index (κ2) is 57.0. The maximum atomic E-state index is 12.9. The molecule has 0 aliphatic carbocycles. The van der Waals surface area contributed by atoms with E-state index in [-0.39, 0.29) is 31.1 Å². The fraction of sp³-hybridized carbons (Fsp3) is 0.823. The van der Waals surface area contributed by atoms with Crippen LogP contribution in [0.3, 0.4) is 0 Å². The third-order valence-corrected chi connectivity index (χ3v) is 13.1. The van der Waals surface area contributed by atoms with E-state index < -0.39 is 6.10 Å². The van der Waals surface area contributed by atoms with Gasteiger partial charge in [-0.2, -0.15) is 0 Å². The quantitative estimate of drug-likeness (QED) is 0.0262. The monoisotopic (exact) mass is 953 g/mol. The Labute approximate surface area is 422 Å². The molecule has 0 saturated carbocycles. The van der Waals surface area contributed by atoms with Gasteiger partial charge in [0.25, 0.3) is 0 Å². The van der Waals surface area contributed by atoms with Gasteiger partial charge < -0.3 is 14.2 Å². The lowest BCUT2D eigenvalue weighted by molar-refractivity contribution is -0.167. The van der Waals surface area contributed by atoms with E-state index >= 15 is 0 Å². The number of allylic oxidation sites excluding steroid dienone is 8. The molecule has 0 radical (unpaired) electrons. The zero-order valence-corrected chi connectivity index (χ0v) is 45.4. The van der Waals surface area contributed by atoms with Crippen molar-refractivity contribution in [2.24, 2.45) is 0 Å². The van der Waals surface area contributed by atoms with E-state index in [1.54, 1.807) is 0 Å². The van der Waals surface area contributed by atoms with Crippen molar-refractivity contribution in [3.63, 3.8) is 0 Å². The predicted octanol–water partition coefficient (Wildman–Crippen LogP) is 19.8. The van der Waals surface area contributed by atoms with E-state index in [1.165, 1.54) is 180 Å². The van der Waals surface area contributed by atoms with Crippen LogP contribution in [0.4, 0.5) is 0 Å². The molecule has 0 saturated heterocycles. The molecule has 0 spiro atoms. The number of carbonyl (C=O) groups is 3. The molecule has 0 aromatic heterocycles. The van der Waals surface area contributed by atoms with Gasteiger partial charge in [0.1, 0.15) is 13.2 Å². The molecule has 0 aliphatic rings. The lowest BCUT2D eigenvalue weighted by atomic mass is 10.0. The van der Waals surface area contributed by atoms with Gasteiger partial charge in [-0.1, -0.05) is 262 Å². The van der Waals surface area contributed by atoms with Crippen LogP contribution >= 0.6 is 0 Å². The minimum atomic E-state index is -0.781. The summed E-state index contributed by atoms with van der Waals surface area (Å²) in [4.78, 5) is 38.2. The summed E-state index contributed by atoms with van der Waals surface area (Å²) in [5, 5.41) is 0. The Bertz CT molecular complexity index is 1190. The maximum Gasteiger partial charge on any atom is 0.306 e. The third-order valence-electron chi connectivity index (χ3n) is 13.1. The Morgan fingerprint density at radius 3 is 0.882 bits per heavy atom. The highest BCUT2D eigenvalue weighted by Gasteiger charge is 2.19. The summed E-state index contributed by atoms with van der Waals surface area (Å²) in [5.74, 6) is -0.884. The Morgan fingerprint density at radius 1 is 0.294 bits per heavy atom. The van der Waals surface area contributed by atoms with Crippen LogP contribution in [0.5, 0.6) is 0 Å². The maximum absolute atomic E-state index is 12.9. The summed E-state index contributed by atoms with van der Waals surface area (Å²) < 4.78 is 16.9. The molecule has 6 heteroatoms. The lowest BCUT2D eigenvalue weighted by Gasteiger charge is -2.18. The van der Waals surface area contributed by atoms with Gasteiger partial charge in [0.05, 0.1) is 0 Å². The van der Waals surface area contributed by atoms with E-state index in [4.69, 9.17) is 14.2 Å². The first-order valence-corrected chi connectivity index (χ1v) is 29.6. The largest absolute Gasteiger partial charge is 0.462 e. The molecule has 6 nitrogen and oxygen atoms in total. The van der Waals surface area contributed by atoms with Crippen LogP contribution < -0.4 is 0 Å². The van der Waals surface area contributed by atoms with Crippen molar-refractivity contribution in [1.29, 1.82) is 0 Å². The van der Waals surface area contributed by atoms with Crippen molar-refractivity contribution < 1.29 is 28.6 Å². The first-order chi connectivity index (χ1) is 33.5. The minimum absolute atomic E-state index is 0.0779. The number of carbonyl (C=O) groups excluding carboxylic acids is 3. The number of rotatable bonds is 54. The smallest absolute Gasteiger partial charge is 0.306 e.